The lowest BCUT2D eigenvalue weighted by molar-refractivity contribution is 0.146. The van der Waals surface area contributed by atoms with Crippen LogP contribution in [0.15, 0.2) is 11.0 Å². The Balaban J connectivity index is 3.48. The van der Waals surface area contributed by atoms with Gasteiger partial charge in [0.25, 0.3) is 6.43 Å². The standard InChI is InChI=1S/C6H4Cl2F2N2O2S/c7-2-1-3(6(9)10)12-5(8)4(2)15(11,13)14/h1,6H,(H2,11,13,14). The molecule has 0 aliphatic rings. The molecule has 9 heteroatoms. The van der Waals surface area contributed by atoms with Crippen molar-refractivity contribution in [1.82, 2.24) is 4.98 Å². The molecule has 0 atom stereocenters. The SMILES string of the molecule is NS(=O)(=O)c1c(Cl)cc(C(F)F)nc1Cl. The number of nitrogens with zero attached hydrogens (tertiary/aromatic N) is 1. The Morgan fingerprint density at radius 3 is 2.27 bits per heavy atom. The molecule has 0 saturated carbocycles. The minimum absolute atomic E-state index is 0.479. The van der Waals surface area contributed by atoms with Crippen LogP contribution in [0.3, 0.4) is 0 Å². The highest BCUT2D eigenvalue weighted by Gasteiger charge is 2.22. The molecule has 0 radical (unpaired) electrons. The van der Waals surface area contributed by atoms with E-state index >= 15 is 0 Å². The van der Waals surface area contributed by atoms with Crippen molar-refractivity contribution in [3.05, 3.63) is 21.9 Å². The predicted molar refractivity (Wildman–Crippen MR) is 50.6 cm³/mol. The molecule has 0 aromatic carbocycles. The molecule has 1 rings (SSSR count). The molecule has 0 aliphatic heterocycles. The maximum Gasteiger partial charge on any atom is 0.280 e. The van der Waals surface area contributed by atoms with Crippen molar-refractivity contribution in [2.75, 3.05) is 0 Å². The van der Waals surface area contributed by atoms with Gasteiger partial charge >= 0.3 is 0 Å². The summed E-state index contributed by atoms with van der Waals surface area (Å²) in [7, 11) is -4.18. The van der Waals surface area contributed by atoms with Gasteiger partial charge in [0.05, 0.1) is 5.02 Å². The number of pyridine rings is 1. The quantitative estimate of drug-likeness (QED) is 0.840. The first-order valence-corrected chi connectivity index (χ1v) is 5.70. The first-order chi connectivity index (χ1) is 6.73. The molecule has 0 unspecified atom stereocenters. The molecule has 0 bridgehead atoms. The van der Waals surface area contributed by atoms with Crippen LogP contribution in [0.1, 0.15) is 12.1 Å². The van der Waals surface area contributed by atoms with Crippen LogP contribution in [0, 0.1) is 0 Å². The van der Waals surface area contributed by atoms with Gasteiger partial charge in [-0.25, -0.2) is 27.3 Å². The number of hydrogen-bond donors (Lipinski definition) is 1. The Bertz CT molecular complexity index is 469. The summed E-state index contributed by atoms with van der Waals surface area (Å²) in [6, 6.07) is 0.706. The Hall–Kier alpha value is -0.500. The topological polar surface area (TPSA) is 73.1 Å². The van der Waals surface area contributed by atoms with Gasteiger partial charge in [-0.05, 0) is 6.07 Å². The number of aromatic nitrogens is 1. The molecule has 84 valence electrons. The fourth-order valence-electron chi connectivity index (χ4n) is 0.855. The lowest BCUT2D eigenvalue weighted by Gasteiger charge is -2.06. The fraction of sp³-hybridized carbons (Fsp3) is 0.167. The third kappa shape index (κ3) is 2.75. The van der Waals surface area contributed by atoms with Crippen LogP contribution >= 0.6 is 23.2 Å². The van der Waals surface area contributed by atoms with E-state index in [2.05, 4.69) is 4.98 Å². The first-order valence-electron chi connectivity index (χ1n) is 3.40. The average molecular weight is 277 g/mol. The van der Waals surface area contributed by atoms with Crippen LogP contribution in [0.4, 0.5) is 8.78 Å². The molecule has 4 nitrogen and oxygen atoms in total. The van der Waals surface area contributed by atoms with E-state index in [4.69, 9.17) is 28.3 Å². The Morgan fingerprint density at radius 1 is 1.40 bits per heavy atom. The molecular weight excluding hydrogens is 273 g/mol. The van der Waals surface area contributed by atoms with Gasteiger partial charge in [-0.1, -0.05) is 23.2 Å². The summed E-state index contributed by atoms with van der Waals surface area (Å²) in [5, 5.41) is 3.62. The van der Waals surface area contributed by atoms with E-state index in [1.54, 1.807) is 0 Å². The van der Waals surface area contributed by atoms with Gasteiger partial charge < -0.3 is 0 Å². The Morgan fingerprint density at radius 2 is 1.93 bits per heavy atom. The zero-order valence-electron chi connectivity index (χ0n) is 6.92. The van der Waals surface area contributed by atoms with E-state index < -0.39 is 37.2 Å². The van der Waals surface area contributed by atoms with E-state index in [0.717, 1.165) is 0 Å². The van der Waals surface area contributed by atoms with Gasteiger partial charge in [-0.2, -0.15) is 0 Å². The highest BCUT2D eigenvalue weighted by atomic mass is 35.5. The highest BCUT2D eigenvalue weighted by Crippen LogP contribution is 2.30. The number of alkyl halides is 2. The van der Waals surface area contributed by atoms with Crippen molar-refractivity contribution in [2.24, 2.45) is 5.14 Å². The summed E-state index contributed by atoms with van der Waals surface area (Å²) in [5.41, 5.74) is -0.711. The van der Waals surface area contributed by atoms with Crippen molar-refractivity contribution in [2.45, 2.75) is 11.3 Å². The van der Waals surface area contributed by atoms with E-state index in [1.807, 2.05) is 0 Å². The van der Waals surface area contributed by atoms with E-state index in [0.29, 0.717) is 6.07 Å². The van der Waals surface area contributed by atoms with Gasteiger partial charge in [0.2, 0.25) is 10.0 Å². The average Bonchev–Trinajstić information content (AvgIpc) is 1.99. The van der Waals surface area contributed by atoms with E-state index in [1.165, 1.54) is 0 Å². The van der Waals surface area contributed by atoms with E-state index in [-0.39, 0.29) is 0 Å². The van der Waals surface area contributed by atoms with E-state index in [9.17, 15) is 17.2 Å². The van der Waals surface area contributed by atoms with Gasteiger partial charge in [0, 0.05) is 0 Å². The molecule has 2 N–H and O–H groups in total. The summed E-state index contributed by atoms with van der Waals surface area (Å²) in [4.78, 5) is 2.51. The number of rotatable bonds is 2. The third-order valence-electron chi connectivity index (χ3n) is 1.41. The Kier molecular flexibility index (Phi) is 3.49. The van der Waals surface area contributed by atoms with Gasteiger partial charge in [-0.15, -0.1) is 0 Å². The van der Waals surface area contributed by atoms with Crippen molar-refractivity contribution >= 4 is 33.2 Å². The highest BCUT2D eigenvalue weighted by molar-refractivity contribution is 7.89. The normalized spacial score (nSPS) is 12.1. The fourth-order valence-corrected chi connectivity index (χ4v) is 2.56. The molecule has 15 heavy (non-hydrogen) atoms. The molecule has 0 amide bonds. The molecule has 1 heterocycles. The first kappa shape index (κ1) is 12.6. The van der Waals surface area contributed by atoms with Gasteiger partial charge in [0.1, 0.15) is 10.6 Å². The number of primary sulfonamides is 1. The molecule has 1 aromatic heterocycles. The monoisotopic (exact) mass is 276 g/mol. The number of hydrogen-bond acceptors (Lipinski definition) is 3. The molecule has 0 spiro atoms. The molecular formula is C6H4Cl2F2N2O2S. The molecule has 0 saturated heterocycles. The molecule has 0 aliphatic carbocycles. The van der Waals surface area contributed by atoms with Crippen LogP contribution in [0.25, 0.3) is 0 Å². The van der Waals surface area contributed by atoms with Gasteiger partial charge in [-0.3, -0.25) is 0 Å². The second-order valence-corrected chi connectivity index (χ2v) is 4.76. The van der Waals surface area contributed by atoms with Crippen molar-refractivity contribution < 1.29 is 17.2 Å². The summed E-state index contributed by atoms with van der Waals surface area (Å²) >= 11 is 10.8. The van der Waals surface area contributed by atoms with Crippen LogP contribution in [-0.2, 0) is 10.0 Å². The van der Waals surface area contributed by atoms with Crippen LogP contribution in [0.2, 0.25) is 10.2 Å². The minimum atomic E-state index is -4.18. The summed E-state index contributed by atoms with van der Waals surface area (Å²) in [6.45, 7) is 0. The Labute approximate surface area is 94.1 Å². The van der Waals surface area contributed by atoms with Crippen molar-refractivity contribution in [1.29, 1.82) is 0 Å². The molecule has 1 aromatic rings. The lowest BCUT2D eigenvalue weighted by atomic mass is 10.3. The summed E-state index contributed by atoms with van der Waals surface area (Å²) < 4.78 is 46.3. The number of sulfonamides is 1. The predicted octanol–water partition coefficient (Wildman–Crippen LogP) is 1.97. The van der Waals surface area contributed by atoms with Crippen LogP contribution in [0.5, 0.6) is 0 Å². The third-order valence-corrected chi connectivity index (χ3v) is 3.19. The van der Waals surface area contributed by atoms with Crippen LogP contribution < -0.4 is 5.14 Å². The largest absolute Gasteiger partial charge is 0.280 e. The summed E-state index contributed by atoms with van der Waals surface area (Å²) in [5.74, 6) is 0. The minimum Gasteiger partial charge on any atom is -0.234 e. The van der Waals surface area contributed by atoms with Crippen molar-refractivity contribution in [3.63, 3.8) is 0 Å². The lowest BCUT2D eigenvalue weighted by Crippen LogP contribution is -2.14. The zero-order valence-corrected chi connectivity index (χ0v) is 9.24. The van der Waals surface area contributed by atoms with Gasteiger partial charge in [0.15, 0.2) is 5.15 Å². The number of halogens is 4. The summed E-state index contributed by atoms with van der Waals surface area (Å²) in [6.07, 6.45) is -2.89. The maximum atomic E-state index is 12.2. The smallest absolute Gasteiger partial charge is 0.234 e. The molecule has 0 fully saturated rings. The maximum absolute atomic E-state index is 12.2. The number of nitrogens with two attached hydrogens (primary N) is 1. The second kappa shape index (κ2) is 4.17. The second-order valence-electron chi connectivity index (χ2n) is 2.49. The zero-order chi connectivity index (χ0) is 11.8. The van der Waals surface area contributed by atoms with Crippen LogP contribution in [-0.4, -0.2) is 13.4 Å². The van der Waals surface area contributed by atoms with Crippen molar-refractivity contribution in [3.8, 4) is 0 Å².